The van der Waals surface area contributed by atoms with Crippen LogP contribution >= 0.6 is 0 Å². The second-order valence-corrected chi connectivity index (χ2v) is 7.87. The van der Waals surface area contributed by atoms with Crippen LogP contribution < -0.4 is 0 Å². The Morgan fingerprint density at radius 3 is 2.59 bits per heavy atom. The zero-order valence-electron chi connectivity index (χ0n) is 18.4. The summed E-state index contributed by atoms with van der Waals surface area (Å²) >= 11 is 0. The second-order valence-electron chi connectivity index (χ2n) is 7.87. The van der Waals surface area contributed by atoms with Gasteiger partial charge < -0.3 is 9.40 Å². The van der Waals surface area contributed by atoms with E-state index in [1.54, 1.807) is 12.4 Å². The highest BCUT2D eigenvalue weighted by atomic mass is 16.6. The van der Waals surface area contributed by atoms with Crippen molar-refractivity contribution in [2.24, 2.45) is 10.2 Å². The minimum atomic E-state index is -0.605. The summed E-state index contributed by atoms with van der Waals surface area (Å²) < 4.78 is 5.05. The first-order valence-electron chi connectivity index (χ1n) is 10.5. The van der Waals surface area contributed by atoms with Crippen molar-refractivity contribution in [3.63, 3.8) is 0 Å². The van der Waals surface area contributed by atoms with Gasteiger partial charge in [-0.1, -0.05) is 36.4 Å². The lowest BCUT2D eigenvalue weighted by Gasteiger charge is -2.07. The van der Waals surface area contributed by atoms with Gasteiger partial charge in [-0.05, 0) is 42.7 Å². The molecule has 0 aliphatic heterocycles. The first kappa shape index (κ1) is 21.1. The van der Waals surface area contributed by atoms with Crippen LogP contribution in [0.1, 0.15) is 22.5 Å². The highest BCUT2D eigenvalue weighted by Crippen LogP contribution is 2.40. The van der Waals surface area contributed by atoms with Crippen molar-refractivity contribution in [2.45, 2.75) is 13.8 Å². The molecule has 2 aromatic carbocycles. The predicted octanol–water partition coefficient (Wildman–Crippen LogP) is 5.80. The average molecular weight is 452 g/mol. The highest BCUT2D eigenvalue weighted by molar-refractivity contribution is 6.07. The molecule has 0 spiro atoms. The molecule has 5 aromatic rings. The van der Waals surface area contributed by atoms with Gasteiger partial charge in [0.1, 0.15) is 4.92 Å². The Balaban J connectivity index is 1.55. The molecule has 2 N–H and O–H groups in total. The molecule has 0 aliphatic carbocycles. The number of benzene rings is 2. The van der Waals surface area contributed by atoms with E-state index in [1.807, 2.05) is 18.2 Å². The van der Waals surface area contributed by atoms with Crippen molar-refractivity contribution in [3.05, 3.63) is 93.4 Å². The molecule has 0 radical (unpaired) electrons. The van der Waals surface area contributed by atoms with Crippen LogP contribution in [0.25, 0.3) is 33.4 Å². The number of aryl methyl sites for hydroxylation is 2. The zero-order chi connectivity index (χ0) is 23.7. The van der Waals surface area contributed by atoms with Crippen molar-refractivity contribution in [2.75, 3.05) is 0 Å². The Bertz CT molecular complexity index is 1560. The van der Waals surface area contributed by atoms with E-state index in [4.69, 9.17) is 4.42 Å². The minimum Gasteiger partial charge on any atom is -0.400 e. The fraction of sp³-hybridized carbons (Fsp3) is 0.0800. The first-order valence-corrected chi connectivity index (χ1v) is 10.5. The zero-order valence-corrected chi connectivity index (χ0v) is 18.4. The molecule has 0 bridgehead atoms. The summed E-state index contributed by atoms with van der Waals surface area (Å²) in [5.74, 6) is -0.107. The summed E-state index contributed by atoms with van der Waals surface area (Å²) in [4.78, 5) is 13.7. The van der Waals surface area contributed by atoms with Crippen molar-refractivity contribution >= 4 is 29.2 Å². The third-order valence-corrected chi connectivity index (χ3v) is 5.46. The number of hydrogen-bond donors (Lipinski definition) is 2. The van der Waals surface area contributed by atoms with E-state index in [2.05, 4.69) is 63.5 Å². The Hall–Kier alpha value is -4.79. The molecule has 9 heteroatoms. The molecule has 9 nitrogen and oxygen atoms in total. The minimum absolute atomic E-state index is 0.240. The summed E-state index contributed by atoms with van der Waals surface area (Å²) in [6.45, 7) is 4.19. The van der Waals surface area contributed by atoms with Gasteiger partial charge in [0.25, 0.3) is 0 Å². The van der Waals surface area contributed by atoms with E-state index >= 15 is 0 Å². The van der Waals surface area contributed by atoms with Crippen LogP contribution in [0, 0.1) is 24.0 Å². The van der Waals surface area contributed by atoms with Gasteiger partial charge in [-0.25, -0.2) is 0 Å². The molecular formula is C25H20N6O3. The van der Waals surface area contributed by atoms with E-state index < -0.39 is 4.92 Å². The van der Waals surface area contributed by atoms with E-state index in [-0.39, 0.29) is 11.6 Å². The highest BCUT2D eigenvalue weighted by Gasteiger charge is 2.20. The van der Waals surface area contributed by atoms with Gasteiger partial charge in [-0.2, -0.15) is 15.3 Å². The summed E-state index contributed by atoms with van der Waals surface area (Å²) in [6.07, 6.45) is 4.56. The molecule has 3 heterocycles. The largest absolute Gasteiger partial charge is 0.433 e. The number of aromatic amines is 2. The van der Waals surface area contributed by atoms with Gasteiger partial charge >= 0.3 is 5.88 Å². The third kappa shape index (κ3) is 3.90. The summed E-state index contributed by atoms with van der Waals surface area (Å²) in [5, 5.41) is 27.2. The molecule has 5 rings (SSSR count). The number of furan rings is 1. The molecule has 0 unspecified atom stereocenters. The molecule has 0 fully saturated rings. The molecule has 34 heavy (non-hydrogen) atoms. The lowest BCUT2D eigenvalue weighted by Crippen LogP contribution is -1.89. The summed E-state index contributed by atoms with van der Waals surface area (Å²) in [6, 6.07) is 17.2. The van der Waals surface area contributed by atoms with Crippen molar-refractivity contribution in [3.8, 4) is 22.5 Å². The van der Waals surface area contributed by atoms with Crippen LogP contribution in [0.3, 0.4) is 0 Å². The summed E-state index contributed by atoms with van der Waals surface area (Å²) in [5.41, 5.74) is 7.99. The van der Waals surface area contributed by atoms with Gasteiger partial charge in [0.15, 0.2) is 5.76 Å². The third-order valence-electron chi connectivity index (χ3n) is 5.46. The van der Waals surface area contributed by atoms with Crippen molar-refractivity contribution < 1.29 is 9.34 Å². The molecule has 0 atom stereocenters. The molecule has 0 saturated heterocycles. The lowest BCUT2D eigenvalue weighted by molar-refractivity contribution is -0.402. The maximum Gasteiger partial charge on any atom is 0.433 e. The number of rotatable bonds is 6. The van der Waals surface area contributed by atoms with E-state index in [9.17, 15) is 10.1 Å². The number of aromatic nitrogens is 3. The Morgan fingerprint density at radius 1 is 1.03 bits per heavy atom. The molecule has 0 amide bonds. The van der Waals surface area contributed by atoms with E-state index in [0.717, 1.165) is 39.0 Å². The fourth-order valence-corrected chi connectivity index (χ4v) is 4.09. The standard InChI is InChI=1S/C25H20N6O3/c1-15-10-16(2)22-20(11-15)29-25(23(22)17-6-4-3-5-7-17)24-18(13-28-30-24)12-26-27-14-19-8-9-21(34-19)31(32)33/h3-14,29H,1-2H3,(H,28,30)/b26-12+,27-14+. The van der Waals surface area contributed by atoms with Crippen LogP contribution in [0.4, 0.5) is 5.88 Å². The van der Waals surface area contributed by atoms with Gasteiger partial charge in [0.05, 0.1) is 36.1 Å². The van der Waals surface area contributed by atoms with E-state index in [0.29, 0.717) is 0 Å². The molecule has 0 saturated carbocycles. The topological polar surface area (TPSA) is 125 Å². The second kappa shape index (κ2) is 8.62. The number of fused-ring (bicyclic) bond motifs is 1. The molecule has 0 aliphatic rings. The van der Waals surface area contributed by atoms with Crippen molar-refractivity contribution in [1.29, 1.82) is 0 Å². The Labute approximate surface area is 194 Å². The number of hydrogen-bond acceptors (Lipinski definition) is 6. The number of nitro groups is 1. The molecular weight excluding hydrogens is 432 g/mol. The monoisotopic (exact) mass is 452 g/mol. The smallest absolute Gasteiger partial charge is 0.400 e. The van der Waals surface area contributed by atoms with Crippen LogP contribution in [-0.4, -0.2) is 32.5 Å². The van der Waals surface area contributed by atoms with Gasteiger partial charge in [0.2, 0.25) is 0 Å². The fourth-order valence-electron chi connectivity index (χ4n) is 4.09. The number of H-pyrrole nitrogens is 2. The van der Waals surface area contributed by atoms with Gasteiger partial charge in [0, 0.05) is 22.0 Å². The van der Waals surface area contributed by atoms with Crippen LogP contribution in [0.15, 0.2) is 75.4 Å². The average Bonchev–Trinajstić information content (AvgIpc) is 3.55. The van der Waals surface area contributed by atoms with Gasteiger partial charge in [-0.15, -0.1) is 0 Å². The van der Waals surface area contributed by atoms with E-state index in [1.165, 1.54) is 29.5 Å². The Kier molecular flexibility index (Phi) is 5.35. The van der Waals surface area contributed by atoms with Crippen molar-refractivity contribution in [1.82, 2.24) is 15.2 Å². The van der Waals surface area contributed by atoms with Crippen LogP contribution in [0.2, 0.25) is 0 Å². The molecule has 3 aromatic heterocycles. The number of nitrogens with zero attached hydrogens (tertiary/aromatic N) is 4. The lowest BCUT2D eigenvalue weighted by atomic mass is 9.96. The normalized spacial score (nSPS) is 11.8. The number of nitrogens with one attached hydrogen (secondary N) is 2. The summed E-state index contributed by atoms with van der Waals surface area (Å²) in [7, 11) is 0. The van der Waals surface area contributed by atoms with Gasteiger partial charge in [-0.3, -0.25) is 15.2 Å². The van der Waals surface area contributed by atoms with Crippen LogP contribution in [0.5, 0.6) is 0 Å². The predicted molar refractivity (Wildman–Crippen MR) is 131 cm³/mol. The molecule has 168 valence electrons. The maximum absolute atomic E-state index is 10.7. The first-order chi connectivity index (χ1) is 16.5. The Morgan fingerprint density at radius 2 is 1.82 bits per heavy atom. The SMILES string of the molecule is Cc1cc(C)c2c(-c3ccccc3)c(-c3[nH]ncc3/C=N/N=C/c3ccc([N+](=O)[O-])o3)[nH]c2c1. The van der Waals surface area contributed by atoms with Crippen LogP contribution in [-0.2, 0) is 0 Å². The quantitative estimate of drug-likeness (QED) is 0.192. The maximum atomic E-state index is 10.7.